The van der Waals surface area contributed by atoms with Crippen molar-refractivity contribution in [3.05, 3.63) is 70.8 Å². The number of hydrogen-bond donors (Lipinski definition) is 3. The minimum absolute atomic E-state index is 0.0563. The number of unbranched alkanes of at least 4 members (excludes halogenated alkanes) is 1. The third kappa shape index (κ3) is 7.26. The predicted octanol–water partition coefficient (Wildman–Crippen LogP) is 4.62. The van der Waals surface area contributed by atoms with Crippen molar-refractivity contribution in [2.24, 2.45) is 5.92 Å². The number of benzene rings is 2. The minimum Gasteiger partial charge on any atom is -0.459 e. The number of hydrogen-bond acceptors (Lipinski definition) is 11. The molecular weight excluding hydrogens is 578 g/mol. The van der Waals surface area contributed by atoms with Gasteiger partial charge in [0.05, 0.1) is 23.1 Å². The molecule has 13 nitrogen and oxygen atoms in total. The fourth-order valence-corrected chi connectivity index (χ4v) is 5.69. The second-order valence-corrected chi connectivity index (χ2v) is 10.8. The van der Waals surface area contributed by atoms with Gasteiger partial charge < -0.3 is 14.0 Å². The van der Waals surface area contributed by atoms with Crippen molar-refractivity contribution in [3.63, 3.8) is 0 Å². The Labute approximate surface area is 253 Å². The molecule has 228 valence electrons. The zero-order chi connectivity index (χ0) is 30.3. The molecule has 1 aliphatic carbocycles. The number of nitrogens with one attached hydrogen (secondary N) is 1. The highest BCUT2D eigenvalue weighted by molar-refractivity contribution is 6.30. The molecular formula is C29H34ClN7O6. The Kier molecular flexibility index (Phi) is 10.1. The Morgan fingerprint density at radius 3 is 2.53 bits per heavy atom. The average molecular weight is 612 g/mol. The molecule has 0 saturated heterocycles. The molecule has 14 heteroatoms. The van der Waals surface area contributed by atoms with Crippen LogP contribution in [0.1, 0.15) is 49.7 Å². The highest BCUT2D eigenvalue weighted by Gasteiger charge is 2.41. The second-order valence-electron chi connectivity index (χ2n) is 10.4. The first kappa shape index (κ1) is 30.7. The topological polar surface area (TPSA) is 161 Å². The van der Waals surface area contributed by atoms with Gasteiger partial charge in [-0.25, -0.2) is 14.9 Å². The van der Waals surface area contributed by atoms with Crippen molar-refractivity contribution in [1.29, 1.82) is 0 Å². The van der Waals surface area contributed by atoms with Crippen LogP contribution in [0.4, 0.5) is 0 Å². The largest absolute Gasteiger partial charge is 0.459 e. The van der Waals surface area contributed by atoms with E-state index in [0.29, 0.717) is 29.6 Å². The number of methoxy groups -OCH3 is 1. The molecule has 3 atom stereocenters. The van der Waals surface area contributed by atoms with E-state index in [-0.39, 0.29) is 18.4 Å². The van der Waals surface area contributed by atoms with Crippen molar-refractivity contribution in [2.75, 3.05) is 7.11 Å². The number of imidazole rings is 1. The molecule has 0 bridgehead atoms. The summed E-state index contributed by atoms with van der Waals surface area (Å²) in [7, 11) is 1.48. The molecule has 1 aliphatic rings. The van der Waals surface area contributed by atoms with Crippen LogP contribution in [0.15, 0.2) is 48.5 Å². The lowest BCUT2D eigenvalue weighted by Gasteiger charge is -2.18. The lowest BCUT2D eigenvalue weighted by Crippen LogP contribution is -2.31. The van der Waals surface area contributed by atoms with Crippen LogP contribution in [-0.4, -0.2) is 71.3 Å². The van der Waals surface area contributed by atoms with Gasteiger partial charge in [0, 0.05) is 25.6 Å². The Balaban J connectivity index is 1.32. The van der Waals surface area contributed by atoms with E-state index in [9.17, 15) is 4.79 Å². The maximum Gasteiger partial charge on any atom is 0.309 e. The van der Waals surface area contributed by atoms with E-state index in [0.717, 1.165) is 47.3 Å². The van der Waals surface area contributed by atoms with Crippen molar-refractivity contribution >= 4 is 17.6 Å². The van der Waals surface area contributed by atoms with Crippen molar-refractivity contribution in [2.45, 2.75) is 64.4 Å². The quantitative estimate of drug-likeness (QED) is 0.143. The van der Waals surface area contributed by atoms with Crippen LogP contribution in [0, 0.1) is 5.92 Å². The zero-order valence-electron chi connectivity index (χ0n) is 23.9. The van der Waals surface area contributed by atoms with Gasteiger partial charge in [0.1, 0.15) is 18.5 Å². The summed E-state index contributed by atoms with van der Waals surface area (Å²) in [5.74, 6) is 0.437. The molecule has 0 amide bonds. The molecule has 0 unspecified atom stereocenters. The van der Waals surface area contributed by atoms with Gasteiger partial charge in [-0.2, -0.15) is 0 Å². The van der Waals surface area contributed by atoms with E-state index < -0.39 is 24.1 Å². The number of aromatic amines is 1. The summed E-state index contributed by atoms with van der Waals surface area (Å²) >= 11 is 6.59. The summed E-state index contributed by atoms with van der Waals surface area (Å²) in [4.78, 5) is 22.5. The van der Waals surface area contributed by atoms with Crippen LogP contribution in [0.25, 0.3) is 22.5 Å². The van der Waals surface area contributed by atoms with Crippen LogP contribution in [-0.2, 0) is 38.7 Å². The Morgan fingerprint density at radius 2 is 1.86 bits per heavy atom. The van der Waals surface area contributed by atoms with Gasteiger partial charge >= 0.3 is 5.97 Å². The Hall–Kier alpha value is -3.72. The maximum atomic E-state index is 13.0. The predicted molar refractivity (Wildman–Crippen MR) is 154 cm³/mol. The first-order valence-electron chi connectivity index (χ1n) is 14.1. The van der Waals surface area contributed by atoms with Gasteiger partial charge in [0.2, 0.25) is 0 Å². The number of ether oxygens (including phenoxy) is 2. The fourth-order valence-electron chi connectivity index (χ4n) is 5.43. The van der Waals surface area contributed by atoms with E-state index in [1.807, 2.05) is 53.1 Å². The number of nitrogens with zero attached hydrogens (tertiary/aromatic N) is 6. The van der Waals surface area contributed by atoms with Crippen LogP contribution in [0.3, 0.4) is 0 Å². The number of esters is 1. The standard InChI is InChI=1S/C29H34ClN7O6/c1-3-4-9-26-31-27(30)23(17-42-29(38)20-14-24(41-2)25(15-20)43-37(39)40)36(26)16-18-10-12-19(13-11-18)21-7-5-6-8-22(21)28-32-34-35-33-28/h5-8,10-13,20,24-25,39-40H,3-4,9,14-17H2,1-2H3,(H,32,33,34,35)/t20-,24+,25+/m1/s1. The minimum atomic E-state index is -0.699. The lowest BCUT2D eigenvalue weighted by molar-refractivity contribution is -0.507. The van der Waals surface area contributed by atoms with Gasteiger partial charge in [0.25, 0.3) is 0 Å². The molecule has 1 fully saturated rings. The molecule has 0 aliphatic heterocycles. The van der Waals surface area contributed by atoms with Gasteiger partial charge in [-0.15, -0.1) is 5.10 Å². The van der Waals surface area contributed by atoms with Crippen LogP contribution in [0.2, 0.25) is 5.15 Å². The van der Waals surface area contributed by atoms with Gasteiger partial charge in [-0.3, -0.25) is 15.2 Å². The SMILES string of the molecule is CCCCc1nc(Cl)c(COC(=O)[C@@H]2C[C@H](OC)[C@@H](ON(O)O)C2)n1Cc1ccc(-c2ccccc2-c2nnn[nH]2)cc1. The Morgan fingerprint density at radius 1 is 1.12 bits per heavy atom. The second kappa shape index (κ2) is 14.2. The lowest BCUT2D eigenvalue weighted by atomic mass is 9.98. The van der Waals surface area contributed by atoms with E-state index in [4.69, 9.17) is 36.3 Å². The molecule has 2 aromatic carbocycles. The molecule has 0 radical (unpaired) electrons. The molecule has 2 heterocycles. The molecule has 43 heavy (non-hydrogen) atoms. The van der Waals surface area contributed by atoms with Gasteiger partial charge in [-0.1, -0.05) is 73.5 Å². The van der Waals surface area contributed by atoms with Crippen LogP contribution >= 0.6 is 11.6 Å². The number of aryl methyl sites for hydroxylation is 1. The third-order valence-electron chi connectivity index (χ3n) is 7.66. The van der Waals surface area contributed by atoms with Crippen molar-refractivity contribution in [3.8, 4) is 22.5 Å². The average Bonchev–Trinajstić information content (AvgIpc) is 3.75. The monoisotopic (exact) mass is 611 g/mol. The number of halogens is 1. The molecule has 0 spiro atoms. The van der Waals surface area contributed by atoms with E-state index in [2.05, 4.69) is 32.5 Å². The molecule has 4 aromatic rings. The highest BCUT2D eigenvalue weighted by atomic mass is 35.5. The molecule has 2 aromatic heterocycles. The number of H-pyrrole nitrogens is 1. The van der Waals surface area contributed by atoms with Crippen molar-refractivity contribution < 1.29 is 29.5 Å². The van der Waals surface area contributed by atoms with E-state index in [1.165, 1.54) is 7.11 Å². The van der Waals surface area contributed by atoms with Gasteiger partial charge in [0.15, 0.2) is 11.0 Å². The summed E-state index contributed by atoms with van der Waals surface area (Å²) in [5.41, 5.74) is 4.54. The fraction of sp³-hybridized carbons (Fsp3) is 0.414. The summed E-state index contributed by atoms with van der Waals surface area (Å²) in [6.45, 7) is 2.55. The summed E-state index contributed by atoms with van der Waals surface area (Å²) in [6, 6.07) is 16.1. The van der Waals surface area contributed by atoms with E-state index >= 15 is 0 Å². The number of carbonyl (C=O) groups excluding carboxylic acids is 1. The first-order valence-corrected chi connectivity index (χ1v) is 14.5. The summed E-state index contributed by atoms with van der Waals surface area (Å²) in [6.07, 6.45) is 2.02. The molecule has 1 saturated carbocycles. The highest BCUT2D eigenvalue weighted by Crippen LogP contribution is 2.33. The smallest absolute Gasteiger partial charge is 0.309 e. The van der Waals surface area contributed by atoms with Crippen molar-refractivity contribution in [1.82, 2.24) is 35.6 Å². The van der Waals surface area contributed by atoms with Crippen LogP contribution in [0.5, 0.6) is 0 Å². The number of rotatable bonds is 13. The first-order chi connectivity index (χ1) is 20.9. The Bertz CT molecular complexity index is 1500. The summed E-state index contributed by atoms with van der Waals surface area (Å²) in [5, 5.41) is 32.3. The number of carbonyl (C=O) groups is 1. The maximum absolute atomic E-state index is 13.0. The van der Waals surface area contributed by atoms with E-state index in [1.54, 1.807) is 0 Å². The third-order valence-corrected chi connectivity index (χ3v) is 7.96. The number of tetrazole rings is 1. The molecule has 5 rings (SSSR count). The number of aromatic nitrogens is 6. The zero-order valence-corrected chi connectivity index (χ0v) is 24.6. The molecule has 3 N–H and O–H groups in total. The van der Waals surface area contributed by atoms with Crippen LogP contribution < -0.4 is 0 Å². The van der Waals surface area contributed by atoms with Gasteiger partial charge in [-0.05, 0) is 46.4 Å². The normalized spacial score (nSPS) is 18.4. The summed E-state index contributed by atoms with van der Waals surface area (Å²) < 4.78 is 13.1.